The number of aryl methyl sites for hydroxylation is 2. The van der Waals surface area contributed by atoms with Crippen LogP contribution in [0.1, 0.15) is 55.9 Å². The van der Waals surface area contributed by atoms with Gasteiger partial charge in [0, 0.05) is 42.4 Å². The highest BCUT2D eigenvalue weighted by Gasteiger charge is 2.28. The molecule has 6 aromatic carbocycles. The van der Waals surface area contributed by atoms with Crippen molar-refractivity contribution in [2.45, 2.75) is 58.7 Å². The van der Waals surface area contributed by atoms with Crippen LogP contribution in [0.15, 0.2) is 159 Å². The third kappa shape index (κ3) is 12.5. The number of aromatic hydroxyl groups is 2. The van der Waals surface area contributed by atoms with E-state index in [9.17, 15) is 10.2 Å². The van der Waals surface area contributed by atoms with Gasteiger partial charge in [-0.2, -0.15) is 15.3 Å². The SMILES string of the molecule is C.Cc1ccc(Oc2ccc(-c3nn([C@@H]4CCNC4)c4ncnc(N)c34)cc2)cc1.Cc1cccc(Oc2ccc(-c3nn([C@@H]4CCNC4)c4ncnc(N)c34)cc2)c1.Nc1ncnc2c1c(-c1ccc(Oc3ccc(O)c(O)c3)cc1)nn2[C@@H]1CCNC1. The number of fused-ring (bicyclic) bond motifs is 3. The quantitative estimate of drug-likeness (QED) is 0.0527. The molecule has 3 atom stereocenters. The minimum Gasteiger partial charge on any atom is -0.504 e. The molecule has 0 unspecified atom stereocenters. The van der Waals surface area contributed by atoms with E-state index < -0.39 is 0 Å². The highest BCUT2D eigenvalue weighted by molar-refractivity contribution is 6.00. The van der Waals surface area contributed by atoms with Gasteiger partial charge in [-0.05, 0) is 168 Å². The maximum absolute atomic E-state index is 9.62. The number of phenolic OH excluding ortho intramolecular Hbond substituents is 2. The second-order valence-electron chi connectivity index (χ2n) is 21.9. The van der Waals surface area contributed by atoms with Gasteiger partial charge in [-0.1, -0.05) is 37.3 Å². The van der Waals surface area contributed by atoms with E-state index in [1.54, 1.807) is 18.2 Å². The average Bonchev–Trinajstić information content (AvgIpc) is 2.24. The van der Waals surface area contributed by atoms with E-state index >= 15 is 0 Å². The first-order valence-electron chi connectivity index (χ1n) is 29.1. The molecule has 23 heteroatoms. The minimum atomic E-state index is -0.238. The summed E-state index contributed by atoms with van der Waals surface area (Å²) in [5.74, 6) is 5.02. The molecule has 11 N–H and O–H groups in total. The molecule has 3 aliphatic rings. The Labute approximate surface area is 512 Å². The zero-order valence-corrected chi connectivity index (χ0v) is 48.3. The van der Waals surface area contributed by atoms with Crippen molar-refractivity contribution in [3.8, 4) is 79.8 Å². The van der Waals surface area contributed by atoms with Crippen LogP contribution in [0.4, 0.5) is 17.5 Å². The number of nitrogens with one attached hydrogen (secondary N) is 3. The predicted octanol–water partition coefficient (Wildman–Crippen LogP) is 10.9. The number of anilines is 3. The van der Waals surface area contributed by atoms with Gasteiger partial charge in [0.25, 0.3) is 0 Å². The fourth-order valence-electron chi connectivity index (χ4n) is 11.2. The molecule has 0 aliphatic carbocycles. The Morgan fingerprint density at radius 3 is 1.10 bits per heavy atom. The second-order valence-corrected chi connectivity index (χ2v) is 21.9. The molecule has 15 rings (SSSR count). The van der Waals surface area contributed by atoms with E-state index in [0.717, 1.165) is 154 Å². The smallest absolute Gasteiger partial charge is 0.164 e. The van der Waals surface area contributed by atoms with Gasteiger partial charge in [-0.15, -0.1) is 0 Å². The zero-order valence-electron chi connectivity index (χ0n) is 48.3. The van der Waals surface area contributed by atoms with E-state index in [0.29, 0.717) is 29.0 Å². The molecule has 0 amide bonds. The summed E-state index contributed by atoms with van der Waals surface area (Å²) in [6.45, 7) is 9.60. The highest BCUT2D eigenvalue weighted by Crippen LogP contribution is 2.39. The van der Waals surface area contributed by atoms with Crippen LogP contribution in [0, 0.1) is 13.8 Å². The first-order chi connectivity index (χ1) is 43.0. The lowest BCUT2D eigenvalue weighted by molar-refractivity contribution is 0.398. The Hall–Kier alpha value is -10.8. The van der Waals surface area contributed by atoms with Crippen molar-refractivity contribution in [3.63, 3.8) is 0 Å². The van der Waals surface area contributed by atoms with Gasteiger partial charge in [0.15, 0.2) is 28.4 Å². The van der Waals surface area contributed by atoms with Crippen LogP contribution >= 0.6 is 0 Å². The van der Waals surface area contributed by atoms with E-state index in [2.05, 4.69) is 52.8 Å². The molecule has 3 aliphatic heterocycles. The lowest BCUT2D eigenvalue weighted by Crippen LogP contribution is -2.15. The molecule has 12 aromatic rings. The Kier molecular flexibility index (Phi) is 16.9. The van der Waals surface area contributed by atoms with Crippen LogP contribution in [0.3, 0.4) is 0 Å². The van der Waals surface area contributed by atoms with Gasteiger partial charge < -0.3 is 57.6 Å². The number of aromatic nitrogens is 12. The van der Waals surface area contributed by atoms with Crippen molar-refractivity contribution in [1.29, 1.82) is 0 Å². The van der Waals surface area contributed by atoms with E-state index in [-0.39, 0.29) is 37.1 Å². The van der Waals surface area contributed by atoms with Crippen LogP contribution < -0.4 is 47.4 Å². The Morgan fingerprint density at radius 1 is 0.404 bits per heavy atom. The number of ether oxygens (including phenoxy) is 3. The Morgan fingerprint density at radius 2 is 0.753 bits per heavy atom. The lowest BCUT2D eigenvalue weighted by atomic mass is 10.1. The summed E-state index contributed by atoms with van der Waals surface area (Å²) in [4.78, 5) is 25.9. The molecule has 23 nitrogen and oxygen atoms in total. The maximum Gasteiger partial charge on any atom is 0.164 e. The fourth-order valence-corrected chi connectivity index (χ4v) is 11.2. The Bertz CT molecular complexity index is 4420. The largest absolute Gasteiger partial charge is 0.504 e. The fraction of sp³-hybridized carbons (Fsp3) is 0.227. The summed E-state index contributed by atoms with van der Waals surface area (Å²) >= 11 is 0. The summed E-state index contributed by atoms with van der Waals surface area (Å²) in [7, 11) is 0. The molecule has 89 heavy (non-hydrogen) atoms. The molecule has 0 radical (unpaired) electrons. The standard InChI is InChI=1S/2C22H22N6O.C21H20N6O3.CH4/c1-14-2-6-17(7-3-14)29-18-8-4-15(5-9-18)20-19-21(23)25-13-26-22(19)28(27-20)16-10-11-24-12-16;1-14-3-2-4-18(11-14)29-17-7-5-15(6-8-17)20-19-21(23)25-13-26-22(19)28(27-20)16-9-10-24-12-16;22-20-18-19(26-27(13-7-8-23-10-13)21(18)25-11-24-20)12-1-3-14(4-2-12)30-15-5-6-16(28)17(29)9-15;/h2-9,13,16,24H,10-12H2,1H3,(H2,23,25,26);2-8,11,13,16,24H,9-10,12H2,1H3,(H2,23,25,26);1-6,9,11,13,23,28-29H,7-8,10H2,(H2,22,24,25);1H4/t2*16-;13-;/m111./s1. The molecule has 0 spiro atoms. The number of nitrogen functional groups attached to an aromatic ring is 3. The number of rotatable bonds is 12. The third-order valence-electron chi connectivity index (χ3n) is 15.7. The second kappa shape index (κ2) is 25.7. The summed E-state index contributed by atoms with van der Waals surface area (Å²) in [6.07, 6.45) is 7.48. The van der Waals surface area contributed by atoms with Crippen LogP contribution in [0.5, 0.6) is 46.0 Å². The predicted molar refractivity (Wildman–Crippen MR) is 344 cm³/mol. The summed E-state index contributed by atoms with van der Waals surface area (Å²) in [5.41, 5.74) is 28.3. The maximum atomic E-state index is 9.62. The van der Waals surface area contributed by atoms with Crippen molar-refractivity contribution in [3.05, 3.63) is 170 Å². The average molecular weight is 1190 g/mol. The van der Waals surface area contributed by atoms with Crippen molar-refractivity contribution in [2.24, 2.45) is 0 Å². The van der Waals surface area contributed by atoms with Crippen molar-refractivity contribution in [2.75, 3.05) is 56.5 Å². The van der Waals surface area contributed by atoms with Gasteiger partial charge in [0.05, 0.1) is 34.3 Å². The molecule has 0 saturated carbocycles. The number of nitrogens with zero attached hydrogens (tertiary/aromatic N) is 12. The normalized spacial score (nSPS) is 16.1. The lowest BCUT2D eigenvalue weighted by Gasteiger charge is -2.09. The highest BCUT2D eigenvalue weighted by atomic mass is 16.5. The van der Waals surface area contributed by atoms with Crippen molar-refractivity contribution in [1.82, 2.24) is 75.2 Å². The van der Waals surface area contributed by atoms with Gasteiger partial charge in [-0.3, -0.25) is 0 Å². The molecular formula is C66H68N18O5. The monoisotopic (exact) mass is 1190 g/mol. The van der Waals surface area contributed by atoms with Gasteiger partial charge in [0.1, 0.15) is 88.0 Å². The minimum absolute atomic E-state index is 0. The number of hydrogen-bond acceptors (Lipinski definition) is 20. The zero-order chi connectivity index (χ0) is 60.3. The third-order valence-corrected chi connectivity index (χ3v) is 15.7. The number of phenols is 2. The summed E-state index contributed by atoms with van der Waals surface area (Å²) < 4.78 is 23.6. The first kappa shape index (κ1) is 58.6. The first-order valence-corrected chi connectivity index (χ1v) is 29.1. The topological polar surface area (TPSA) is 313 Å². The van der Waals surface area contributed by atoms with E-state index in [1.165, 1.54) is 36.7 Å². The molecule has 6 aromatic heterocycles. The van der Waals surface area contributed by atoms with E-state index in [4.69, 9.17) is 46.7 Å². The van der Waals surface area contributed by atoms with Gasteiger partial charge in [-0.25, -0.2) is 43.9 Å². The Balaban J connectivity index is 0.000000129. The van der Waals surface area contributed by atoms with Gasteiger partial charge >= 0.3 is 0 Å². The molecule has 0 bridgehead atoms. The number of benzene rings is 6. The van der Waals surface area contributed by atoms with Crippen LogP contribution in [-0.2, 0) is 0 Å². The summed E-state index contributed by atoms with van der Waals surface area (Å²) in [5, 5.41) is 46.1. The summed E-state index contributed by atoms with van der Waals surface area (Å²) in [6, 6.07) is 44.2. The molecule has 9 heterocycles. The van der Waals surface area contributed by atoms with Crippen LogP contribution in [0.2, 0.25) is 0 Å². The van der Waals surface area contributed by atoms with Gasteiger partial charge in [0.2, 0.25) is 0 Å². The number of nitrogens with two attached hydrogens (primary N) is 3. The van der Waals surface area contributed by atoms with Crippen LogP contribution in [-0.4, -0.2) is 109 Å². The van der Waals surface area contributed by atoms with Crippen molar-refractivity contribution >= 4 is 50.6 Å². The molecule has 3 saturated heterocycles. The van der Waals surface area contributed by atoms with E-state index in [1.807, 2.05) is 130 Å². The molecule has 3 fully saturated rings. The van der Waals surface area contributed by atoms with Crippen molar-refractivity contribution < 1.29 is 24.4 Å². The van der Waals surface area contributed by atoms with Crippen LogP contribution in [0.25, 0.3) is 66.9 Å². The number of hydrogen-bond donors (Lipinski definition) is 8. The molecule has 452 valence electrons. The molecular weight excluding hydrogens is 1120 g/mol.